The van der Waals surface area contributed by atoms with E-state index >= 15 is 0 Å². The number of phenolic OH excluding ortho intramolecular Hbond substituents is 1. The minimum atomic E-state index is -1.49. The van der Waals surface area contributed by atoms with Gasteiger partial charge in [-0.2, -0.15) is 0 Å². The van der Waals surface area contributed by atoms with Gasteiger partial charge in [0.1, 0.15) is 11.6 Å². The van der Waals surface area contributed by atoms with E-state index in [2.05, 4.69) is 193 Å². The molecular formula is C65H64N3OPt-. The number of phenols is 1. The number of fused-ring (bicyclic) bond motifs is 1. The predicted molar refractivity (Wildman–Crippen MR) is 288 cm³/mol. The van der Waals surface area contributed by atoms with Crippen molar-refractivity contribution in [2.75, 3.05) is 0 Å². The van der Waals surface area contributed by atoms with E-state index in [1.807, 2.05) is 36.5 Å². The van der Waals surface area contributed by atoms with Crippen molar-refractivity contribution in [3.05, 3.63) is 204 Å². The van der Waals surface area contributed by atoms with Gasteiger partial charge in [0.25, 0.3) is 0 Å². The van der Waals surface area contributed by atoms with E-state index in [1.54, 1.807) is 6.07 Å². The van der Waals surface area contributed by atoms with Crippen LogP contribution >= 0.6 is 0 Å². The van der Waals surface area contributed by atoms with Crippen molar-refractivity contribution in [3.8, 4) is 67.5 Å². The molecule has 0 spiro atoms. The molecule has 1 fully saturated rings. The molecule has 70 heavy (non-hydrogen) atoms. The normalized spacial score (nSPS) is 14.1. The second-order valence-electron chi connectivity index (χ2n) is 21.6. The van der Waals surface area contributed by atoms with E-state index in [4.69, 9.17) is 9.97 Å². The fourth-order valence-corrected chi connectivity index (χ4v) is 10.1. The van der Waals surface area contributed by atoms with Crippen LogP contribution in [0, 0.1) is 12.0 Å². The van der Waals surface area contributed by atoms with Gasteiger partial charge in [-0.1, -0.05) is 207 Å². The Morgan fingerprint density at radius 3 is 1.97 bits per heavy atom. The smallest absolute Gasteiger partial charge is 0.148 e. The van der Waals surface area contributed by atoms with Crippen molar-refractivity contribution in [1.29, 1.82) is 0 Å². The average Bonchev–Trinajstić information content (AvgIpc) is 4.06. The molecule has 0 atom stereocenters. The van der Waals surface area contributed by atoms with Crippen LogP contribution in [0.5, 0.6) is 5.75 Å². The third-order valence-electron chi connectivity index (χ3n) is 14.3. The number of aromatic hydroxyl groups is 1. The van der Waals surface area contributed by atoms with Gasteiger partial charge in [-0.15, -0.1) is 29.3 Å². The molecule has 0 amide bonds. The summed E-state index contributed by atoms with van der Waals surface area (Å²) in [5.41, 5.74) is 15.5. The Morgan fingerprint density at radius 1 is 0.586 bits per heavy atom. The van der Waals surface area contributed by atoms with Crippen LogP contribution in [-0.4, -0.2) is 19.6 Å². The van der Waals surface area contributed by atoms with Crippen LogP contribution < -0.4 is 0 Å². The van der Waals surface area contributed by atoms with Gasteiger partial charge in [-0.05, 0) is 98.5 Å². The van der Waals surface area contributed by atoms with Crippen LogP contribution in [0.1, 0.15) is 112 Å². The monoisotopic (exact) mass is 1100 g/mol. The number of hydrogen-bond acceptors (Lipinski definition) is 3. The summed E-state index contributed by atoms with van der Waals surface area (Å²) in [6, 6.07) is 60.6. The Balaban J connectivity index is 0.00000640. The van der Waals surface area contributed by atoms with Crippen LogP contribution in [0.2, 0.25) is 0 Å². The summed E-state index contributed by atoms with van der Waals surface area (Å²) >= 11 is 0. The second-order valence-corrected chi connectivity index (χ2v) is 21.6. The molecule has 1 saturated carbocycles. The Bertz CT molecular complexity index is 3410. The van der Waals surface area contributed by atoms with Gasteiger partial charge in [-0.3, -0.25) is 9.55 Å². The molecule has 1 N–H and O–H groups in total. The summed E-state index contributed by atoms with van der Waals surface area (Å²) in [6.07, 6.45) is 4.29. The van der Waals surface area contributed by atoms with E-state index in [1.165, 1.54) is 11.1 Å². The molecule has 356 valence electrons. The third kappa shape index (κ3) is 9.73. The minimum Gasteiger partial charge on any atom is -0.507 e. The molecule has 7 aromatic carbocycles. The summed E-state index contributed by atoms with van der Waals surface area (Å²) in [5, 5.41) is 11.9. The molecule has 5 heteroatoms. The van der Waals surface area contributed by atoms with Crippen molar-refractivity contribution < 1.29 is 28.9 Å². The van der Waals surface area contributed by atoms with E-state index in [0.717, 1.165) is 98.2 Å². The van der Waals surface area contributed by atoms with Crippen LogP contribution in [0.3, 0.4) is 0 Å². The van der Waals surface area contributed by atoms with Crippen molar-refractivity contribution in [1.82, 2.24) is 14.5 Å². The number of para-hydroxylation sites is 1. The van der Waals surface area contributed by atoms with Crippen LogP contribution in [0.15, 0.2) is 170 Å². The molecule has 0 unspecified atom stereocenters. The zero-order valence-electron chi connectivity index (χ0n) is 43.7. The fourth-order valence-electron chi connectivity index (χ4n) is 10.1. The number of imidazole rings is 1. The van der Waals surface area contributed by atoms with Crippen LogP contribution in [0.4, 0.5) is 0 Å². The molecule has 10 rings (SSSR count). The second kappa shape index (κ2) is 19.4. The SMILES string of the molecule is [2H]C([2H])(c1ccc(-n2c(-c3cc(C(C)(C)C)ccc3O)nc3c(-c4[c-]c(-c5cc(-c6cccc(C(C)(C)c7ccccc7)c6)ccn5)cc(C(C)(C)C)c4)cccc32)c(-c2ccccc2)c1)C1CCCC1.[Pt]. The number of nitrogens with zero attached hydrogens (tertiary/aromatic N) is 3. The van der Waals surface area contributed by atoms with Gasteiger partial charge < -0.3 is 5.11 Å². The minimum absolute atomic E-state index is 0. The molecule has 2 heterocycles. The number of rotatable bonds is 10. The molecular weight excluding hydrogens is 1030 g/mol. The first-order chi connectivity index (χ1) is 33.9. The maximum absolute atomic E-state index is 11.9. The first kappa shape index (κ1) is 46.1. The van der Waals surface area contributed by atoms with E-state index < -0.39 is 6.37 Å². The maximum Gasteiger partial charge on any atom is 0.148 e. The van der Waals surface area contributed by atoms with E-state index in [9.17, 15) is 7.85 Å². The third-order valence-corrected chi connectivity index (χ3v) is 14.3. The Kier molecular flexibility index (Phi) is 12.8. The van der Waals surface area contributed by atoms with Gasteiger partial charge in [-0.25, -0.2) is 4.98 Å². The Hall–Kier alpha value is -6.35. The largest absolute Gasteiger partial charge is 0.507 e. The molecule has 1 aliphatic carbocycles. The number of benzene rings is 7. The summed E-state index contributed by atoms with van der Waals surface area (Å²) in [7, 11) is 0. The fraction of sp³-hybridized carbons (Fsp3) is 0.262. The number of aromatic nitrogens is 3. The molecule has 0 saturated heterocycles. The number of hydrogen-bond donors (Lipinski definition) is 1. The van der Waals surface area contributed by atoms with Gasteiger partial charge >= 0.3 is 0 Å². The first-order valence-corrected chi connectivity index (χ1v) is 24.6. The molecule has 0 aliphatic heterocycles. The first-order valence-electron chi connectivity index (χ1n) is 25.6. The average molecular weight is 1100 g/mol. The van der Waals surface area contributed by atoms with Crippen LogP contribution in [-0.2, 0) is 43.7 Å². The topological polar surface area (TPSA) is 50.9 Å². The molecule has 1 aliphatic rings. The van der Waals surface area contributed by atoms with Gasteiger partial charge in [0.05, 0.1) is 22.3 Å². The van der Waals surface area contributed by atoms with Gasteiger partial charge in [0.15, 0.2) is 0 Å². The Morgan fingerprint density at radius 2 is 1.24 bits per heavy atom. The summed E-state index contributed by atoms with van der Waals surface area (Å²) < 4.78 is 21.1. The van der Waals surface area contributed by atoms with Gasteiger partial charge in [0, 0.05) is 46.7 Å². The zero-order valence-corrected chi connectivity index (χ0v) is 43.9. The van der Waals surface area contributed by atoms with Crippen molar-refractivity contribution >= 4 is 11.0 Å². The maximum atomic E-state index is 11.9. The quantitative estimate of drug-likeness (QED) is 0.139. The summed E-state index contributed by atoms with van der Waals surface area (Å²) in [5.74, 6) is 0.696. The molecule has 0 radical (unpaired) electrons. The van der Waals surface area contributed by atoms with Crippen molar-refractivity contribution in [2.45, 2.75) is 104 Å². The molecule has 4 nitrogen and oxygen atoms in total. The van der Waals surface area contributed by atoms with E-state index in [0.29, 0.717) is 17.0 Å². The molecule has 9 aromatic rings. The molecule has 2 aromatic heterocycles. The standard InChI is InChI=1S/C65H64N3O.Pt/c1-63(2,3)51-30-32-60(69)56(42-51)62-67-61-54(27-18-28-59(61)68(62)58-31-29-44(35-43-19-15-16-20-43)36-55(58)45-21-11-9-12-22-45)48-37-49(40-53(39-48)64(4,5)6)57-41-47(33-34-66-57)46-23-17-26-52(38-46)65(7,8)50-24-13-10-14-25-50;/h9-14,17-18,21-34,36,38-43,69H,15-16,19-20,35H2,1-8H3;/q-1;/i35D2;. The van der Waals surface area contributed by atoms with Crippen molar-refractivity contribution in [2.24, 2.45) is 5.92 Å². The summed E-state index contributed by atoms with van der Waals surface area (Å²) in [4.78, 5) is 10.6. The number of pyridine rings is 1. The van der Waals surface area contributed by atoms with E-state index in [-0.39, 0.29) is 49.0 Å². The summed E-state index contributed by atoms with van der Waals surface area (Å²) in [6.45, 7) is 17.8. The predicted octanol–water partition coefficient (Wildman–Crippen LogP) is 16.9. The van der Waals surface area contributed by atoms with Crippen molar-refractivity contribution in [3.63, 3.8) is 0 Å². The zero-order chi connectivity index (χ0) is 49.9. The Labute approximate surface area is 433 Å². The van der Waals surface area contributed by atoms with Gasteiger partial charge in [0.2, 0.25) is 0 Å². The van der Waals surface area contributed by atoms with Crippen LogP contribution in [0.25, 0.3) is 72.7 Å². The molecule has 0 bridgehead atoms.